The van der Waals surface area contributed by atoms with E-state index in [-0.39, 0.29) is 11.1 Å². The lowest BCUT2D eigenvalue weighted by molar-refractivity contribution is -0.912. The van der Waals surface area contributed by atoms with E-state index in [0.29, 0.717) is 29.7 Å². The highest BCUT2D eigenvalue weighted by atomic mass is 32.2. The Morgan fingerprint density at radius 1 is 1.19 bits per heavy atom. The smallest absolute Gasteiger partial charge is 0.298 e. The zero-order valence-corrected chi connectivity index (χ0v) is 16.1. The van der Waals surface area contributed by atoms with E-state index in [1.54, 1.807) is 13.2 Å². The average molecular weight is 377 g/mol. The van der Waals surface area contributed by atoms with Crippen molar-refractivity contribution < 1.29 is 24.0 Å². The van der Waals surface area contributed by atoms with E-state index in [1.165, 1.54) is 16.2 Å². The van der Waals surface area contributed by atoms with Crippen molar-refractivity contribution in [3.05, 3.63) is 28.7 Å². The molecular weight excluding hydrogens is 352 g/mol. The standard InChI is InChI=1S/C19H24N2O4S/c1-3-25-15-8-7-14(11-16(15)24-2)12-17-18(22)21(19(23)26-17)13-20-9-5-4-6-10-20/h7-8,11-12H,3-6,9-10,13H2,1-2H3/p+1/b17-12+. The fourth-order valence-corrected chi connectivity index (χ4v) is 4.11. The Morgan fingerprint density at radius 3 is 2.65 bits per heavy atom. The molecule has 0 unspecified atom stereocenters. The van der Waals surface area contributed by atoms with Gasteiger partial charge in [-0.1, -0.05) is 6.07 Å². The lowest BCUT2D eigenvalue weighted by Gasteiger charge is -2.26. The molecule has 1 aromatic carbocycles. The van der Waals surface area contributed by atoms with Gasteiger partial charge in [0.25, 0.3) is 11.1 Å². The number of hydrogen-bond donors (Lipinski definition) is 1. The molecule has 2 amide bonds. The fraction of sp³-hybridized carbons (Fsp3) is 0.474. The van der Waals surface area contributed by atoms with Crippen LogP contribution in [0.15, 0.2) is 23.1 Å². The largest absolute Gasteiger partial charge is 0.493 e. The molecule has 0 saturated carbocycles. The van der Waals surface area contributed by atoms with E-state index in [0.717, 1.165) is 43.3 Å². The van der Waals surface area contributed by atoms with Crippen LogP contribution in [0, 0.1) is 0 Å². The number of likely N-dealkylation sites (tertiary alicyclic amines) is 1. The molecule has 1 aromatic rings. The SMILES string of the molecule is CCOc1ccc(/C=C2/SC(=O)N(C[NH+]3CCCCC3)C2=O)cc1OC. The van der Waals surface area contributed by atoms with Gasteiger partial charge in [-0.3, -0.25) is 9.59 Å². The summed E-state index contributed by atoms with van der Waals surface area (Å²) in [6, 6.07) is 5.49. The molecule has 2 heterocycles. The maximum atomic E-state index is 12.7. The maximum Gasteiger partial charge on any atom is 0.298 e. The number of ether oxygens (including phenoxy) is 2. The number of imide groups is 1. The van der Waals surface area contributed by atoms with Crippen LogP contribution in [0.4, 0.5) is 4.79 Å². The van der Waals surface area contributed by atoms with Gasteiger partial charge in [-0.2, -0.15) is 0 Å². The molecule has 2 aliphatic heterocycles. The minimum Gasteiger partial charge on any atom is -0.493 e. The van der Waals surface area contributed by atoms with Crippen LogP contribution >= 0.6 is 11.8 Å². The number of methoxy groups -OCH3 is 1. The number of quaternary nitrogens is 1. The molecule has 26 heavy (non-hydrogen) atoms. The number of benzene rings is 1. The molecule has 0 atom stereocenters. The third-order valence-electron chi connectivity index (χ3n) is 4.60. The monoisotopic (exact) mass is 377 g/mol. The van der Waals surface area contributed by atoms with Crippen molar-refractivity contribution in [2.75, 3.05) is 33.5 Å². The van der Waals surface area contributed by atoms with Crippen molar-refractivity contribution in [3.63, 3.8) is 0 Å². The summed E-state index contributed by atoms with van der Waals surface area (Å²) in [5.41, 5.74) is 0.807. The summed E-state index contributed by atoms with van der Waals surface area (Å²) >= 11 is 1.01. The maximum absolute atomic E-state index is 12.7. The Hall–Kier alpha value is -1.99. The third-order valence-corrected chi connectivity index (χ3v) is 5.51. The Labute approximate surface area is 158 Å². The lowest BCUT2D eigenvalue weighted by atomic mass is 10.1. The van der Waals surface area contributed by atoms with E-state index in [1.807, 2.05) is 25.1 Å². The summed E-state index contributed by atoms with van der Waals surface area (Å²) in [4.78, 5) is 28.1. The quantitative estimate of drug-likeness (QED) is 0.770. The van der Waals surface area contributed by atoms with Crippen molar-refractivity contribution in [1.29, 1.82) is 0 Å². The number of nitrogens with one attached hydrogen (secondary N) is 1. The molecule has 1 N–H and O–H groups in total. The predicted octanol–water partition coefficient (Wildman–Crippen LogP) is 2.16. The third kappa shape index (κ3) is 4.22. The predicted molar refractivity (Wildman–Crippen MR) is 101 cm³/mol. The van der Waals surface area contributed by atoms with Crippen LogP contribution in [-0.2, 0) is 4.79 Å². The second kappa shape index (κ2) is 8.60. The van der Waals surface area contributed by atoms with Crippen LogP contribution in [0.1, 0.15) is 31.7 Å². The van der Waals surface area contributed by atoms with Gasteiger partial charge in [0.2, 0.25) is 0 Å². The summed E-state index contributed by atoms with van der Waals surface area (Å²) < 4.78 is 10.9. The molecule has 0 spiro atoms. The Balaban J connectivity index is 1.74. The highest BCUT2D eigenvalue weighted by molar-refractivity contribution is 8.18. The van der Waals surface area contributed by atoms with E-state index in [4.69, 9.17) is 9.47 Å². The molecule has 6 nitrogen and oxygen atoms in total. The van der Waals surface area contributed by atoms with Gasteiger partial charge in [0.15, 0.2) is 18.2 Å². The molecule has 2 fully saturated rings. The van der Waals surface area contributed by atoms with E-state index in [2.05, 4.69) is 0 Å². The fourth-order valence-electron chi connectivity index (χ4n) is 3.27. The number of thioether (sulfide) groups is 1. The lowest BCUT2D eigenvalue weighted by Crippen LogP contribution is -3.14. The van der Waals surface area contributed by atoms with Crippen molar-refractivity contribution >= 4 is 29.0 Å². The molecule has 0 bridgehead atoms. The summed E-state index contributed by atoms with van der Waals surface area (Å²) in [7, 11) is 1.58. The molecule has 140 valence electrons. The Bertz CT molecular complexity index is 713. The number of hydrogen-bond acceptors (Lipinski definition) is 5. The molecule has 0 radical (unpaired) electrons. The van der Waals surface area contributed by atoms with Crippen LogP contribution in [0.3, 0.4) is 0 Å². The number of rotatable bonds is 6. The topological polar surface area (TPSA) is 60.3 Å². The van der Waals surface area contributed by atoms with Crippen LogP contribution in [0.2, 0.25) is 0 Å². The van der Waals surface area contributed by atoms with Gasteiger partial charge in [0.05, 0.1) is 31.7 Å². The number of nitrogens with zero attached hydrogens (tertiary/aromatic N) is 1. The summed E-state index contributed by atoms with van der Waals surface area (Å²) in [5, 5.41) is -0.183. The number of piperidine rings is 1. The Kier molecular flexibility index (Phi) is 6.21. The molecule has 7 heteroatoms. The molecule has 0 aliphatic carbocycles. The second-order valence-corrected chi connectivity index (χ2v) is 7.42. The van der Waals surface area contributed by atoms with Gasteiger partial charge in [-0.25, -0.2) is 4.90 Å². The first-order valence-corrected chi connectivity index (χ1v) is 9.83. The average Bonchev–Trinajstić information content (AvgIpc) is 2.91. The van der Waals surface area contributed by atoms with Crippen LogP contribution in [0.25, 0.3) is 6.08 Å². The van der Waals surface area contributed by atoms with Gasteiger partial charge < -0.3 is 14.4 Å². The number of carbonyl (C=O) groups is 2. The summed E-state index contributed by atoms with van der Waals surface area (Å²) in [6.07, 6.45) is 5.31. The van der Waals surface area contributed by atoms with Gasteiger partial charge in [0.1, 0.15) is 0 Å². The van der Waals surface area contributed by atoms with Gasteiger partial charge in [-0.15, -0.1) is 0 Å². The Morgan fingerprint density at radius 2 is 1.96 bits per heavy atom. The van der Waals surface area contributed by atoms with Crippen molar-refractivity contribution in [1.82, 2.24) is 4.90 Å². The first-order chi connectivity index (χ1) is 12.6. The highest BCUT2D eigenvalue weighted by Gasteiger charge is 2.37. The van der Waals surface area contributed by atoms with Crippen LogP contribution in [0.5, 0.6) is 11.5 Å². The van der Waals surface area contributed by atoms with Crippen molar-refractivity contribution in [2.45, 2.75) is 26.2 Å². The number of carbonyl (C=O) groups excluding carboxylic acids is 2. The van der Waals surface area contributed by atoms with E-state index in [9.17, 15) is 9.59 Å². The molecule has 2 saturated heterocycles. The van der Waals surface area contributed by atoms with Gasteiger partial charge in [-0.05, 0) is 61.7 Å². The van der Waals surface area contributed by atoms with Crippen molar-refractivity contribution in [3.8, 4) is 11.5 Å². The minimum atomic E-state index is -0.203. The summed E-state index contributed by atoms with van der Waals surface area (Å²) in [6.45, 7) is 4.98. The van der Waals surface area contributed by atoms with Crippen LogP contribution in [-0.4, -0.2) is 49.5 Å². The van der Waals surface area contributed by atoms with E-state index < -0.39 is 0 Å². The zero-order valence-electron chi connectivity index (χ0n) is 15.2. The van der Waals surface area contributed by atoms with E-state index >= 15 is 0 Å². The van der Waals surface area contributed by atoms with Crippen LogP contribution < -0.4 is 14.4 Å². The zero-order chi connectivity index (χ0) is 18.5. The number of amides is 2. The second-order valence-electron chi connectivity index (χ2n) is 6.42. The molecule has 3 rings (SSSR count). The van der Waals surface area contributed by atoms with Gasteiger partial charge >= 0.3 is 0 Å². The van der Waals surface area contributed by atoms with Gasteiger partial charge in [0, 0.05) is 0 Å². The highest BCUT2D eigenvalue weighted by Crippen LogP contribution is 2.34. The molecule has 0 aromatic heterocycles. The normalized spacial score (nSPS) is 20.1. The van der Waals surface area contributed by atoms with Crippen molar-refractivity contribution in [2.24, 2.45) is 0 Å². The minimum absolute atomic E-state index is 0.183. The first-order valence-electron chi connectivity index (χ1n) is 9.02. The molecular formula is C19H25N2O4S+. The molecule has 2 aliphatic rings. The first kappa shape index (κ1) is 18.8. The summed E-state index contributed by atoms with van der Waals surface area (Å²) in [5.74, 6) is 1.07.